The van der Waals surface area contributed by atoms with Crippen molar-refractivity contribution in [3.63, 3.8) is 0 Å². The van der Waals surface area contributed by atoms with E-state index >= 15 is 0 Å². The molecule has 2 aliphatic carbocycles. The molecule has 6 atom stereocenters. The molecule has 0 aromatic heterocycles. The van der Waals surface area contributed by atoms with Crippen LogP contribution >= 0.6 is 0 Å². The first kappa shape index (κ1) is 19.9. The van der Waals surface area contributed by atoms with Gasteiger partial charge < -0.3 is 9.53 Å². The van der Waals surface area contributed by atoms with Crippen molar-refractivity contribution >= 4 is 8.32 Å². The van der Waals surface area contributed by atoms with Gasteiger partial charge in [0, 0.05) is 6.61 Å². The van der Waals surface area contributed by atoms with Crippen LogP contribution in [0.5, 0.6) is 0 Å². The summed E-state index contributed by atoms with van der Waals surface area (Å²) in [6, 6.07) is 0. The zero-order valence-electron chi connectivity index (χ0n) is 16.8. The lowest BCUT2D eigenvalue weighted by atomic mass is 9.62. The van der Waals surface area contributed by atoms with Crippen molar-refractivity contribution in [2.45, 2.75) is 71.7 Å². The van der Waals surface area contributed by atoms with Crippen LogP contribution in [0.3, 0.4) is 0 Å². The molecular formula is C21H38O2Si. The van der Waals surface area contributed by atoms with Gasteiger partial charge in [0.05, 0.1) is 6.10 Å². The van der Waals surface area contributed by atoms with E-state index in [2.05, 4.69) is 72.0 Å². The summed E-state index contributed by atoms with van der Waals surface area (Å²) >= 11 is 0. The summed E-state index contributed by atoms with van der Waals surface area (Å²) in [7, 11) is -1.74. The van der Waals surface area contributed by atoms with Crippen molar-refractivity contribution in [2.24, 2.45) is 29.6 Å². The van der Waals surface area contributed by atoms with E-state index in [0.29, 0.717) is 29.6 Å². The predicted octanol–water partition coefficient (Wildman–Crippen LogP) is 5.41. The van der Waals surface area contributed by atoms with E-state index < -0.39 is 8.32 Å². The maximum absolute atomic E-state index is 10.9. The molecule has 1 saturated carbocycles. The third-order valence-electron chi connectivity index (χ3n) is 6.80. The zero-order chi connectivity index (χ0) is 18.1. The summed E-state index contributed by atoms with van der Waals surface area (Å²) < 4.78 is 6.56. The van der Waals surface area contributed by atoms with Gasteiger partial charge in [-0.25, -0.2) is 0 Å². The van der Waals surface area contributed by atoms with Crippen molar-refractivity contribution in [3.05, 3.63) is 24.3 Å². The van der Waals surface area contributed by atoms with Crippen LogP contribution in [0.1, 0.15) is 47.5 Å². The van der Waals surface area contributed by atoms with Crippen LogP contribution in [0, 0.1) is 29.6 Å². The van der Waals surface area contributed by atoms with Crippen LogP contribution in [-0.4, -0.2) is 26.1 Å². The molecule has 0 aliphatic heterocycles. The monoisotopic (exact) mass is 350 g/mol. The molecule has 2 aliphatic rings. The van der Waals surface area contributed by atoms with E-state index in [1.807, 2.05) is 0 Å². The van der Waals surface area contributed by atoms with E-state index in [0.717, 1.165) is 13.0 Å². The zero-order valence-corrected chi connectivity index (χ0v) is 17.8. The van der Waals surface area contributed by atoms with Gasteiger partial charge in [0.25, 0.3) is 0 Å². The lowest BCUT2D eigenvalue weighted by Gasteiger charge is -2.47. The first-order valence-corrected chi connectivity index (χ1v) is 12.6. The molecule has 1 fully saturated rings. The lowest BCUT2D eigenvalue weighted by molar-refractivity contribution is -0.0302. The molecule has 0 aromatic carbocycles. The highest BCUT2D eigenvalue weighted by molar-refractivity contribution is 6.74. The van der Waals surface area contributed by atoms with Crippen LogP contribution in [-0.2, 0) is 4.43 Å². The minimum Gasteiger partial charge on any atom is -0.417 e. The Balaban J connectivity index is 2.11. The number of aliphatic hydroxyl groups excluding tert-OH is 1. The fourth-order valence-electron chi connectivity index (χ4n) is 4.19. The largest absolute Gasteiger partial charge is 0.417 e. The quantitative estimate of drug-likeness (QED) is 0.542. The molecular weight excluding hydrogens is 312 g/mol. The molecule has 0 bridgehead atoms. The number of hydrogen-bond acceptors (Lipinski definition) is 2. The van der Waals surface area contributed by atoms with Crippen LogP contribution in [0.25, 0.3) is 0 Å². The minimum absolute atomic E-state index is 0.203. The predicted molar refractivity (Wildman–Crippen MR) is 105 cm³/mol. The molecule has 0 unspecified atom stereocenters. The molecule has 138 valence electrons. The summed E-state index contributed by atoms with van der Waals surface area (Å²) in [5.74, 6) is 2.31. The number of fused-ring (bicyclic) bond motifs is 1. The van der Waals surface area contributed by atoms with Gasteiger partial charge in [0.15, 0.2) is 8.32 Å². The second kappa shape index (κ2) is 7.47. The van der Waals surface area contributed by atoms with Gasteiger partial charge in [-0.3, -0.25) is 0 Å². The molecule has 2 nitrogen and oxygen atoms in total. The average Bonchev–Trinajstić information content (AvgIpc) is 2.45. The number of allylic oxidation sites excluding steroid dienone is 4. The SMILES string of the molecule is CC=C[C@@H]1C[C@H](O)[C@@H]2[C@@H](CO[Si](C)(C)C(C)(C)C)[C@@H](C)C=C[C@H]2C1. The van der Waals surface area contributed by atoms with Gasteiger partial charge in [0.2, 0.25) is 0 Å². The third kappa shape index (κ3) is 4.23. The average molecular weight is 351 g/mol. The van der Waals surface area contributed by atoms with Gasteiger partial charge >= 0.3 is 0 Å². The van der Waals surface area contributed by atoms with Crippen molar-refractivity contribution in [3.8, 4) is 0 Å². The minimum atomic E-state index is -1.74. The molecule has 1 N–H and O–H groups in total. The Morgan fingerprint density at radius 3 is 2.46 bits per heavy atom. The molecule has 0 radical (unpaired) electrons. The van der Waals surface area contributed by atoms with Crippen molar-refractivity contribution < 1.29 is 9.53 Å². The molecule has 0 aromatic rings. The van der Waals surface area contributed by atoms with Gasteiger partial charge in [-0.05, 0) is 67.5 Å². The highest BCUT2D eigenvalue weighted by Crippen LogP contribution is 2.46. The normalized spacial score (nSPS) is 37.7. The lowest BCUT2D eigenvalue weighted by Crippen LogP contribution is -2.48. The van der Waals surface area contributed by atoms with Gasteiger partial charge in [-0.15, -0.1) is 0 Å². The van der Waals surface area contributed by atoms with Crippen LogP contribution in [0.15, 0.2) is 24.3 Å². The first-order chi connectivity index (χ1) is 11.1. The first-order valence-electron chi connectivity index (χ1n) is 9.70. The second-order valence-electron chi connectivity index (χ2n) is 9.55. The van der Waals surface area contributed by atoms with Crippen molar-refractivity contribution in [2.75, 3.05) is 6.61 Å². The fraction of sp³-hybridized carbons (Fsp3) is 0.810. The van der Waals surface area contributed by atoms with Gasteiger partial charge in [-0.1, -0.05) is 52.0 Å². The van der Waals surface area contributed by atoms with E-state index in [1.165, 1.54) is 6.42 Å². The molecule has 24 heavy (non-hydrogen) atoms. The molecule has 0 spiro atoms. The second-order valence-corrected chi connectivity index (χ2v) is 14.4. The van der Waals surface area contributed by atoms with Crippen molar-refractivity contribution in [1.29, 1.82) is 0 Å². The molecule has 2 rings (SSSR count). The number of aliphatic hydroxyl groups is 1. The summed E-state index contributed by atoms with van der Waals surface area (Å²) in [5, 5.41) is 11.1. The Bertz CT molecular complexity index is 475. The molecule has 0 saturated heterocycles. The third-order valence-corrected chi connectivity index (χ3v) is 11.3. The maximum atomic E-state index is 10.9. The van der Waals surface area contributed by atoms with Gasteiger partial charge in [0.1, 0.15) is 0 Å². The number of hydrogen-bond donors (Lipinski definition) is 1. The van der Waals surface area contributed by atoms with E-state index in [4.69, 9.17) is 4.43 Å². The Morgan fingerprint density at radius 2 is 1.88 bits per heavy atom. The fourth-order valence-corrected chi connectivity index (χ4v) is 5.23. The topological polar surface area (TPSA) is 29.5 Å². The van der Waals surface area contributed by atoms with Crippen LogP contribution in [0.4, 0.5) is 0 Å². The van der Waals surface area contributed by atoms with Crippen molar-refractivity contribution in [1.82, 2.24) is 0 Å². The summed E-state index contributed by atoms with van der Waals surface area (Å²) in [6.45, 7) is 16.7. The Kier molecular flexibility index (Phi) is 6.20. The standard InChI is InChI=1S/C21H38O2Si/c1-8-9-16-12-17-11-10-15(2)18(20(17)19(22)13-16)14-23-24(6,7)21(3,4)5/h8-11,15-20,22H,12-14H2,1-7H3/t15-,16-,17-,18-,19-,20-/m0/s1. The van der Waals surface area contributed by atoms with E-state index in [1.54, 1.807) is 0 Å². The maximum Gasteiger partial charge on any atom is 0.191 e. The van der Waals surface area contributed by atoms with E-state index in [-0.39, 0.29) is 11.1 Å². The summed E-state index contributed by atoms with van der Waals surface area (Å²) in [6.07, 6.45) is 11.0. The van der Waals surface area contributed by atoms with Crippen LogP contribution < -0.4 is 0 Å². The molecule has 3 heteroatoms. The number of rotatable bonds is 4. The van der Waals surface area contributed by atoms with Crippen LogP contribution in [0.2, 0.25) is 18.1 Å². The highest BCUT2D eigenvalue weighted by atomic mass is 28.4. The Morgan fingerprint density at radius 1 is 1.21 bits per heavy atom. The molecule has 0 heterocycles. The summed E-state index contributed by atoms with van der Waals surface area (Å²) in [5.41, 5.74) is 0. The Labute approximate surface area is 150 Å². The Hall–Kier alpha value is -0.383. The smallest absolute Gasteiger partial charge is 0.191 e. The highest BCUT2D eigenvalue weighted by Gasteiger charge is 2.45. The molecule has 0 amide bonds. The van der Waals surface area contributed by atoms with Gasteiger partial charge in [-0.2, -0.15) is 0 Å². The summed E-state index contributed by atoms with van der Waals surface area (Å²) in [4.78, 5) is 0. The van der Waals surface area contributed by atoms with E-state index in [9.17, 15) is 5.11 Å².